The molecule has 2 aromatic heterocycles. The second-order valence-electron chi connectivity index (χ2n) is 6.89. The van der Waals surface area contributed by atoms with Gasteiger partial charge in [-0.15, -0.1) is 10.2 Å². The van der Waals surface area contributed by atoms with Crippen molar-refractivity contribution in [3.63, 3.8) is 0 Å². The summed E-state index contributed by atoms with van der Waals surface area (Å²) in [6.07, 6.45) is 3.53. The zero-order valence-corrected chi connectivity index (χ0v) is 16.3. The number of benzene rings is 1. The van der Waals surface area contributed by atoms with Crippen molar-refractivity contribution in [1.29, 1.82) is 0 Å². The molecule has 0 unspecified atom stereocenters. The Bertz CT molecular complexity index is 1110. The van der Waals surface area contributed by atoms with E-state index in [2.05, 4.69) is 15.5 Å². The molecule has 0 saturated carbocycles. The van der Waals surface area contributed by atoms with Crippen LogP contribution in [0.4, 0.5) is 5.69 Å². The first-order chi connectivity index (χ1) is 13.4. The Morgan fingerprint density at radius 1 is 1.14 bits per heavy atom. The SMILES string of the molecule is CC(=O)Nc1ccc(S(=O)(=O)N2CCC[C@@H](c3nnc4ccccn34)C2)cc1. The molecule has 28 heavy (non-hydrogen) atoms. The number of rotatable bonds is 4. The van der Waals surface area contributed by atoms with Crippen LogP contribution >= 0.6 is 0 Å². The average molecular weight is 399 g/mol. The molecule has 1 atom stereocenters. The molecular formula is C19H21N5O3S. The summed E-state index contributed by atoms with van der Waals surface area (Å²) in [4.78, 5) is 11.3. The molecule has 1 fully saturated rings. The van der Waals surface area contributed by atoms with Crippen LogP contribution in [-0.4, -0.2) is 46.3 Å². The third-order valence-corrected chi connectivity index (χ3v) is 6.78. The van der Waals surface area contributed by atoms with Gasteiger partial charge in [0.1, 0.15) is 5.82 Å². The third-order valence-electron chi connectivity index (χ3n) is 4.90. The van der Waals surface area contributed by atoms with Crippen LogP contribution in [0.1, 0.15) is 31.5 Å². The van der Waals surface area contributed by atoms with Crippen molar-refractivity contribution in [2.24, 2.45) is 0 Å². The molecule has 0 bridgehead atoms. The predicted octanol–water partition coefficient (Wildman–Crippen LogP) is 2.26. The first-order valence-electron chi connectivity index (χ1n) is 9.12. The number of aromatic nitrogens is 3. The van der Waals surface area contributed by atoms with Gasteiger partial charge in [0, 0.05) is 37.8 Å². The molecule has 146 valence electrons. The van der Waals surface area contributed by atoms with Crippen LogP contribution < -0.4 is 5.32 Å². The number of hydrogen-bond donors (Lipinski definition) is 1. The first kappa shape index (κ1) is 18.6. The summed E-state index contributed by atoms with van der Waals surface area (Å²) >= 11 is 0. The van der Waals surface area contributed by atoms with E-state index in [0.717, 1.165) is 24.3 Å². The molecule has 1 aromatic carbocycles. The molecule has 1 saturated heterocycles. The molecule has 0 aliphatic carbocycles. The van der Waals surface area contributed by atoms with Gasteiger partial charge in [-0.1, -0.05) is 6.07 Å². The number of hydrogen-bond acceptors (Lipinski definition) is 5. The lowest BCUT2D eigenvalue weighted by atomic mass is 9.99. The molecular weight excluding hydrogens is 378 g/mol. The third kappa shape index (κ3) is 3.50. The summed E-state index contributed by atoms with van der Waals surface area (Å²) in [6, 6.07) is 11.9. The summed E-state index contributed by atoms with van der Waals surface area (Å²) in [5, 5.41) is 11.1. The van der Waals surface area contributed by atoms with Crippen LogP contribution in [0.2, 0.25) is 0 Å². The maximum absolute atomic E-state index is 13.1. The highest BCUT2D eigenvalue weighted by Gasteiger charge is 2.32. The van der Waals surface area contributed by atoms with E-state index in [1.807, 2.05) is 28.8 Å². The molecule has 0 radical (unpaired) electrons. The monoisotopic (exact) mass is 399 g/mol. The fraction of sp³-hybridized carbons (Fsp3) is 0.316. The second kappa shape index (κ2) is 7.33. The van der Waals surface area contributed by atoms with Gasteiger partial charge in [0.05, 0.1) is 4.90 Å². The lowest BCUT2D eigenvalue weighted by molar-refractivity contribution is -0.114. The number of nitrogens with one attached hydrogen (secondary N) is 1. The van der Waals surface area contributed by atoms with Crippen molar-refractivity contribution >= 4 is 27.3 Å². The highest BCUT2D eigenvalue weighted by atomic mass is 32.2. The van der Waals surface area contributed by atoms with Gasteiger partial charge in [0.15, 0.2) is 5.65 Å². The first-order valence-corrected chi connectivity index (χ1v) is 10.6. The standard InChI is InChI=1S/C19H21N5O3S/c1-14(25)20-16-7-9-17(10-8-16)28(26,27)23-11-4-5-15(13-23)19-22-21-18-6-2-3-12-24(18)19/h2-3,6-10,12,15H,4-5,11,13H2,1H3,(H,20,25)/t15-/m1/s1. The van der Waals surface area contributed by atoms with Gasteiger partial charge in [-0.3, -0.25) is 9.20 Å². The van der Waals surface area contributed by atoms with Crippen LogP contribution in [0.15, 0.2) is 53.6 Å². The summed E-state index contributed by atoms with van der Waals surface area (Å²) in [5.74, 6) is 0.575. The smallest absolute Gasteiger partial charge is 0.243 e. The molecule has 1 aliphatic heterocycles. The van der Waals surface area contributed by atoms with Crippen molar-refractivity contribution < 1.29 is 13.2 Å². The molecule has 0 spiro atoms. The maximum atomic E-state index is 13.1. The topological polar surface area (TPSA) is 96.7 Å². The van der Waals surface area contributed by atoms with Crippen LogP contribution in [0.5, 0.6) is 0 Å². The second-order valence-corrected chi connectivity index (χ2v) is 8.83. The lowest BCUT2D eigenvalue weighted by Crippen LogP contribution is -2.39. The molecule has 9 heteroatoms. The summed E-state index contributed by atoms with van der Waals surface area (Å²) in [5.41, 5.74) is 1.32. The zero-order valence-electron chi connectivity index (χ0n) is 15.4. The van der Waals surface area contributed by atoms with Crippen molar-refractivity contribution in [3.8, 4) is 0 Å². The number of carbonyl (C=O) groups excluding carboxylic acids is 1. The number of nitrogens with zero attached hydrogens (tertiary/aromatic N) is 4. The Morgan fingerprint density at radius 2 is 1.93 bits per heavy atom. The largest absolute Gasteiger partial charge is 0.326 e. The van der Waals surface area contributed by atoms with Crippen LogP contribution in [0.3, 0.4) is 0 Å². The van der Waals surface area contributed by atoms with Gasteiger partial charge in [-0.05, 0) is 49.2 Å². The van der Waals surface area contributed by atoms with Crippen LogP contribution in [0.25, 0.3) is 5.65 Å². The number of amides is 1. The highest BCUT2D eigenvalue weighted by Crippen LogP contribution is 2.30. The minimum atomic E-state index is -3.62. The van der Waals surface area contributed by atoms with E-state index >= 15 is 0 Å². The summed E-state index contributed by atoms with van der Waals surface area (Å²) in [6.45, 7) is 2.25. The Balaban J connectivity index is 1.57. The van der Waals surface area contributed by atoms with E-state index in [0.29, 0.717) is 18.8 Å². The van der Waals surface area contributed by atoms with Crippen molar-refractivity contribution in [1.82, 2.24) is 18.9 Å². The molecule has 1 N–H and O–H groups in total. The molecule has 3 aromatic rings. The van der Waals surface area contributed by atoms with E-state index in [9.17, 15) is 13.2 Å². The minimum absolute atomic E-state index is 0.0143. The van der Waals surface area contributed by atoms with E-state index < -0.39 is 10.0 Å². The number of pyridine rings is 1. The Labute approximate surface area is 163 Å². The zero-order chi connectivity index (χ0) is 19.7. The number of carbonyl (C=O) groups is 1. The lowest BCUT2D eigenvalue weighted by Gasteiger charge is -2.31. The molecule has 1 aliphatic rings. The van der Waals surface area contributed by atoms with Crippen molar-refractivity contribution in [2.75, 3.05) is 18.4 Å². The predicted molar refractivity (Wildman–Crippen MR) is 104 cm³/mol. The van der Waals surface area contributed by atoms with Gasteiger partial charge >= 0.3 is 0 Å². The normalized spacial score (nSPS) is 18.2. The number of sulfonamides is 1. The minimum Gasteiger partial charge on any atom is -0.326 e. The van der Waals surface area contributed by atoms with E-state index in [4.69, 9.17) is 0 Å². The van der Waals surface area contributed by atoms with E-state index in [1.165, 1.54) is 23.4 Å². The van der Waals surface area contributed by atoms with Gasteiger partial charge in [0.2, 0.25) is 15.9 Å². The van der Waals surface area contributed by atoms with Crippen LogP contribution in [0, 0.1) is 0 Å². The Morgan fingerprint density at radius 3 is 2.68 bits per heavy atom. The molecule has 8 nitrogen and oxygen atoms in total. The Kier molecular flexibility index (Phi) is 4.86. The molecule has 3 heterocycles. The summed E-state index contributed by atoms with van der Waals surface area (Å²) < 4.78 is 29.6. The van der Waals surface area contributed by atoms with E-state index in [-0.39, 0.29) is 16.7 Å². The molecule has 1 amide bonds. The fourth-order valence-corrected chi connectivity index (χ4v) is 5.10. The van der Waals surface area contributed by atoms with E-state index in [1.54, 1.807) is 12.1 Å². The number of anilines is 1. The van der Waals surface area contributed by atoms with Crippen molar-refractivity contribution in [2.45, 2.75) is 30.6 Å². The van der Waals surface area contributed by atoms with Gasteiger partial charge in [-0.2, -0.15) is 4.31 Å². The van der Waals surface area contributed by atoms with Crippen molar-refractivity contribution in [3.05, 3.63) is 54.5 Å². The van der Waals surface area contributed by atoms with Gasteiger partial charge < -0.3 is 5.32 Å². The van der Waals surface area contributed by atoms with Gasteiger partial charge in [0.25, 0.3) is 0 Å². The number of fused-ring (bicyclic) bond motifs is 1. The fourth-order valence-electron chi connectivity index (χ4n) is 3.57. The summed E-state index contributed by atoms with van der Waals surface area (Å²) in [7, 11) is -3.62. The average Bonchev–Trinajstić information content (AvgIpc) is 3.12. The Hall–Kier alpha value is -2.78. The van der Waals surface area contributed by atoms with Crippen LogP contribution in [-0.2, 0) is 14.8 Å². The van der Waals surface area contributed by atoms with Gasteiger partial charge in [-0.25, -0.2) is 8.42 Å². The number of piperidine rings is 1. The highest BCUT2D eigenvalue weighted by molar-refractivity contribution is 7.89. The molecule has 4 rings (SSSR count). The maximum Gasteiger partial charge on any atom is 0.243 e. The quantitative estimate of drug-likeness (QED) is 0.726.